The largest absolute Gasteiger partial charge is 0.416 e. The second-order valence-corrected chi connectivity index (χ2v) is 9.39. The van der Waals surface area contributed by atoms with Crippen molar-refractivity contribution in [2.75, 3.05) is 11.9 Å². The van der Waals surface area contributed by atoms with Gasteiger partial charge in [-0.1, -0.05) is 30.3 Å². The van der Waals surface area contributed by atoms with Crippen LogP contribution in [0.1, 0.15) is 47.8 Å². The quantitative estimate of drug-likeness (QED) is 0.370. The zero-order valence-corrected chi connectivity index (χ0v) is 20.7. The number of rotatable bonds is 6. The Labute approximate surface area is 212 Å². The smallest absolute Gasteiger partial charge is 0.349 e. The fourth-order valence-corrected chi connectivity index (χ4v) is 4.82. The van der Waals surface area contributed by atoms with Crippen molar-refractivity contribution in [3.8, 4) is 0 Å². The first-order valence-corrected chi connectivity index (χ1v) is 12.3. The van der Waals surface area contributed by atoms with Gasteiger partial charge < -0.3 is 5.32 Å². The summed E-state index contributed by atoms with van der Waals surface area (Å²) in [5, 5.41) is 4.34. The molecule has 2 aromatic heterocycles. The number of halogens is 3. The summed E-state index contributed by atoms with van der Waals surface area (Å²) >= 11 is 0. The van der Waals surface area contributed by atoms with Gasteiger partial charge in [0.25, 0.3) is 5.56 Å². The number of aromatic nitrogens is 3. The van der Waals surface area contributed by atoms with Crippen LogP contribution in [0.2, 0.25) is 0 Å². The van der Waals surface area contributed by atoms with Crippen molar-refractivity contribution in [3.05, 3.63) is 99.1 Å². The molecule has 0 aliphatic carbocycles. The van der Waals surface area contributed by atoms with E-state index in [1.807, 2.05) is 26.0 Å². The minimum atomic E-state index is -4.38. The van der Waals surface area contributed by atoms with Crippen LogP contribution < -0.4 is 10.9 Å². The Balaban J connectivity index is 1.34. The fraction of sp³-hybridized carbons (Fsp3) is 0.321. The van der Waals surface area contributed by atoms with Gasteiger partial charge >= 0.3 is 6.18 Å². The molecule has 0 spiro atoms. The molecule has 0 radical (unpaired) electrons. The summed E-state index contributed by atoms with van der Waals surface area (Å²) in [6, 6.07) is 14.9. The lowest BCUT2D eigenvalue weighted by molar-refractivity contribution is -0.137. The van der Waals surface area contributed by atoms with Gasteiger partial charge in [0, 0.05) is 44.2 Å². The van der Waals surface area contributed by atoms with Crippen LogP contribution in [0.25, 0.3) is 10.9 Å². The summed E-state index contributed by atoms with van der Waals surface area (Å²) in [7, 11) is 0. The van der Waals surface area contributed by atoms with Gasteiger partial charge in [-0.2, -0.15) is 13.2 Å². The minimum Gasteiger partial charge on any atom is -0.349 e. The van der Waals surface area contributed by atoms with Gasteiger partial charge in [0.2, 0.25) is 5.95 Å². The fourth-order valence-electron chi connectivity index (χ4n) is 4.82. The lowest BCUT2D eigenvalue weighted by Gasteiger charge is -2.29. The summed E-state index contributed by atoms with van der Waals surface area (Å²) in [6.45, 7) is 6.14. The molecule has 0 saturated heterocycles. The van der Waals surface area contributed by atoms with Crippen molar-refractivity contribution in [1.29, 1.82) is 0 Å². The van der Waals surface area contributed by atoms with Gasteiger partial charge in [-0.15, -0.1) is 0 Å². The van der Waals surface area contributed by atoms with Crippen molar-refractivity contribution >= 4 is 16.9 Å². The number of benzene rings is 2. The van der Waals surface area contributed by atoms with E-state index in [1.54, 1.807) is 10.8 Å². The van der Waals surface area contributed by atoms with Crippen molar-refractivity contribution in [1.82, 2.24) is 19.4 Å². The highest BCUT2D eigenvalue weighted by molar-refractivity contribution is 5.78. The van der Waals surface area contributed by atoms with Gasteiger partial charge in [0.1, 0.15) is 0 Å². The average Bonchev–Trinajstić information content (AvgIpc) is 2.89. The molecule has 4 aromatic rings. The van der Waals surface area contributed by atoms with Crippen LogP contribution in [0.5, 0.6) is 0 Å². The average molecular weight is 508 g/mol. The minimum absolute atomic E-state index is 0.0838. The highest BCUT2D eigenvalue weighted by Gasteiger charge is 2.30. The zero-order chi connectivity index (χ0) is 26.2. The molecule has 0 fully saturated rings. The van der Waals surface area contributed by atoms with Crippen LogP contribution in [0, 0.1) is 0 Å². The maximum Gasteiger partial charge on any atom is 0.416 e. The summed E-state index contributed by atoms with van der Waals surface area (Å²) in [5.74, 6) is 0.438. The first kappa shape index (κ1) is 25.0. The van der Waals surface area contributed by atoms with E-state index >= 15 is 0 Å². The number of alkyl halides is 3. The van der Waals surface area contributed by atoms with Crippen LogP contribution in [0.15, 0.2) is 65.6 Å². The molecular formula is C28H28F3N5O. The van der Waals surface area contributed by atoms with E-state index in [0.717, 1.165) is 40.8 Å². The van der Waals surface area contributed by atoms with Gasteiger partial charge in [-0.05, 0) is 49.2 Å². The second-order valence-electron chi connectivity index (χ2n) is 9.39. The molecule has 2 aromatic carbocycles. The Morgan fingerprint density at radius 2 is 1.89 bits per heavy atom. The third-order valence-corrected chi connectivity index (χ3v) is 6.87. The molecule has 1 aliphatic rings. The molecule has 0 amide bonds. The number of nitrogens with one attached hydrogen (secondary N) is 1. The highest BCUT2D eigenvalue weighted by Crippen LogP contribution is 2.30. The molecule has 1 N–H and O–H groups in total. The third kappa shape index (κ3) is 5.22. The SMILES string of the molecule is CCn1c(NC(C)c2ccc(C(F)(F)F)cc2)nc2c(c1=O)CN(Cc1ccc3cccnc3c1)CC2. The van der Waals surface area contributed by atoms with E-state index in [4.69, 9.17) is 4.98 Å². The standard InChI is InChI=1S/C28H28F3N5O/c1-3-36-26(37)23-17-35(16-19-6-7-21-5-4-13-32-25(21)15-19)14-12-24(23)34-27(36)33-18(2)20-8-10-22(11-9-20)28(29,30)31/h4-11,13,15,18H,3,12,14,16-17H2,1-2H3,(H,33,34). The lowest BCUT2D eigenvalue weighted by atomic mass is 10.0. The predicted octanol–water partition coefficient (Wildman–Crippen LogP) is 5.56. The zero-order valence-electron chi connectivity index (χ0n) is 20.7. The molecule has 5 rings (SSSR count). The molecule has 0 bridgehead atoms. The molecule has 1 atom stereocenters. The Morgan fingerprint density at radius 3 is 2.62 bits per heavy atom. The molecule has 1 aliphatic heterocycles. The van der Waals surface area contributed by atoms with Gasteiger partial charge in [-0.25, -0.2) is 4.98 Å². The number of hydrogen-bond acceptors (Lipinski definition) is 5. The van der Waals surface area contributed by atoms with Gasteiger partial charge in [-0.3, -0.25) is 19.2 Å². The summed E-state index contributed by atoms with van der Waals surface area (Å²) < 4.78 is 40.3. The predicted molar refractivity (Wildman–Crippen MR) is 137 cm³/mol. The number of nitrogens with zero attached hydrogens (tertiary/aromatic N) is 4. The molecule has 3 heterocycles. The molecule has 6 nitrogen and oxygen atoms in total. The van der Waals surface area contributed by atoms with E-state index < -0.39 is 11.7 Å². The monoisotopic (exact) mass is 507 g/mol. The summed E-state index contributed by atoms with van der Waals surface area (Å²) in [5.41, 5.74) is 3.46. The Morgan fingerprint density at radius 1 is 1.11 bits per heavy atom. The van der Waals surface area contributed by atoms with Gasteiger partial charge in [0.15, 0.2) is 0 Å². The molecule has 192 valence electrons. The van der Waals surface area contributed by atoms with Gasteiger partial charge in [0.05, 0.1) is 28.4 Å². The first-order chi connectivity index (χ1) is 17.7. The summed E-state index contributed by atoms with van der Waals surface area (Å²) in [4.78, 5) is 24.9. The van der Waals surface area contributed by atoms with Crippen LogP contribution in [0.3, 0.4) is 0 Å². The molecule has 37 heavy (non-hydrogen) atoms. The Hall–Kier alpha value is -3.72. The third-order valence-electron chi connectivity index (χ3n) is 6.87. The lowest BCUT2D eigenvalue weighted by Crippen LogP contribution is -2.38. The Kier molecular flexibility index (Phi) is 6.72. The van der Waals surface area contributed by atoms with E-state index in [1.165, 1.54) is 12.1 Å². The highest BCUT2D eigenvalue weighted by atomic mass is 19.4. The molecule has 0 saturated carbocycles. The second kappa shape index (κ2) is 9.97. The number of pyridine rings is 1. The number of anilines is 1. The van der Waals surface area contributed by atoms with Crippen molar-refractivity contribution in [2.45, 2.75) is 52.1 Å². The molecule has 1 unspecified atom stereocenters. The first-order valence-electron chi connectivity index (χ1n) is 12.3. The van der Waals surface area contributed by atoms with Crippen molar-refractivity contribution < 1.29 is 13.2 Å². The van der Waals surface area contributed by atoms with Crippen LogP contribution >= 0.6 is 0 Å². The maximum atomic E-state index is 13.4. The van der Waals surface area contributed by atoms with E-state index in [0.29, 0.717) is 43.1 Å². The van der Waals surface area contributed by atoms with Crippen LogP contribution in [0.4, 0.5) is 19.1 Å². The summed E-state index contributed by atoms with van der Waals surface area (Å²) in [6.07, 6.45) is -1.95. The van der Waals surface area contributed by atoms with Crippen molar-refractivity contribution in [3.63, 3.8) is 0 Å². The van der Waals surface area contributed by atoms with Crippen LogP contribution in [-0.2, 0) is 32.2 Å². The number of fused-ring (bicyclic) bond motifs is 2. The molecule has 9 heteroatoms. The van der Waals surface area contributed by atoms with Crippen LogP contribution in [-0.4, -0.2) is 26.0 Å². The topological polar surface area (TPSA) is 63.1 Å². The van der Waals surface area contributed by atoms with E-state index in [9.17, 15) is 18.0 Å². The normalized spacial score (nSPS) is 14.9. The van der Waals surface area contributed by atoms with E-state index in [2.05, 4.69) is 33.4 Å². The number of hydrogen-bond donors (Lipinski definition) is 1. The van der Waals surface area contributed by atoms with E-state index in [-0.39, 0.29) is 11.6 Å². The Bertz CT molecular complexity index is 1480. The van der Waals surface area contributed by atoms with Crippen molar-refractivity contribution in [2.24, 2.45) is 0 Å². The molecular weight excluding hydrogens is 479 g/mol. The maximum absolute atomic E-state index is 13.4.